The standard InChI is InChI=1S/C31H27N3O3S/c1-19-8-13-26(20(2)32-19)30(36)33-25-11-9-22(10-12-25)31(37)34-17-16-24(18-23-6-4-5-7-27(23)34)29-15-14-28(38-29)21(3)35/h4-15,18H,16-17H2,1-3H3,(H,33,36). The van der Waals surface area contributed by atoms with E-state index >= 15 is 0 Å². The maximum Gasteiger partial charge on any atom is 0.258 e. The first-order chi connectivity index (χ1) is 18.3. The van der Waals surface area contributed by atoms with Crippen LogP contribution >= 0.6 is 11.3 Å². The van der Waals surface area contributed by atoms with Crippen LogP contribution < -0.4 is 10.2 Å². The molecule has 5 rings (SSSR count). The molecule has 0 unspecified atom stereocenters. The minimum absolute atomic E-state index is 0.0537. The molecular formula is C31H27N3O3S. The molecule has 7 heteroatoms. The van der Waals surface area contributed by atoms with Crippen LogP contribution in [0.4, 0.5) is 11.4 Å². The molecule has 0 atom stereocenters. The number of hydrogen-bond acceptors (Lipinski definition) is 5. The average molecular weight is 522 g/mol. The van der Waals surface area contributed by atoms with Crippen molar-refractivity contribution in [1.82, 2.24) is 4.98 Å². The molecule has 1 aliphatic rings. The molecule has 1 aliphatic heterocycles. The fourth-order valence-corrected chi connectivity index (χ4v) is 5.49. The van der Waals surface area contributed by atoms with Gasteiger partial charge in [0.05, 0.1) is 21.8 Å². The van der Waals surface area contributed by atoms with Crippen molar-refractivity contribution in [3.8, 4) is 0 Å². The van der Waals surface area contributed by atoms with Gasteiger partial charge in [-0.3, -0.25) is 19.4 Å². The number of para-hydroxylation sites is 1. The van der Waals surface area contributed by atoms with Crippen LogP contribution in [0.2, 0.25) is 0 Å². The maximum atomic E-state index is 13.6. The summed E-state index contributed by atoms with van der Waals surface area (Å²) in [6.45, 7) is 5.78. The van der Waals surface area contributed by atoms with Gasteiger partial charge in [0.1, 0.15) is 0 Å². The highest BCUT2D eigenvalue weighted by Gasteiger charge is 2.24. The van der Waals surface area contributed by atoms with Crippen molar-refractivity contribution >= 4 is 52.0 Å². The third-order valence-corrected chi connectivity index (χ3v) is 7.80. The zero-order valence-electron chi connectivity index (χ0n) is 21.4. The van der Waals surface area contributed by atoms with Gasteiger partial charge in [0, 0.05) is 28.4 Å². The number of nitrogens with one attached hydrogen (secondary N) is 1. The van der Waals surface area contributed by atoms with Crippen LogP contribution in [0.3, 0.4) is 0 Å². The molecule has 3 heterocycles. The van der Waals surface area contributed by atoms with Crippen molar-refractivity contribution in [3.05, 3.63) is 111 Å². The second-order valence-electron chi connectivity index (χ2n) is 9.27. The molecule has 0 fully saturated rings. The van der Waals surface area contributed by atoms with Gasteiger partial charge in [0.25, 0.3) is 11.8 Å². The zero-order chi connectivity index (χ0) is 26.8. The lowest BCUT2D eigenvalue weighted by Gasteiger charge is -2.23. The molecule has 4 aromatic rings. The van der Waals surface area contributed by atoms with Gasteiger partial charge >= 0.3 is 0 Å². The van der Waals surface area contributed by atoms with Crippen molar-refractivity contribution in [2.45, 2.75) is 27.2 Å². The van der Waals surface area contributed by atoms with E-state index in [1.807, 2.05) is 56.3 Å². The molecule has 0 saturated heterocycles. The van der Waals surface area contributed by atoms with E-state index in [0.717, 1.165) is 32.3 Å². The van der Waals surface area contributed by atoms with Gasteiger partial charge < -0.3 is 10.2 Å². The lowest BCUT2D eigenvalue weighted by Crippen LogP contribution is -2.32. The average Bonchev–Trinajstić information content (AvgIpc) is 3.32. The Morgan fingerprint density at radius 1 is 0.921 bits per heavy atom. The number of benzene rings is 2. The summed E-state index contributed by atoms with van der Waals surface area (Å²) in [6.07, 6.45) is 2.77. The smallest absolute Gasteiger partial charge is 0.258 e. The van der Waals surface area contributed by atoms with Gasteiger partial charge in [-0.05, 0) is 99.0 Å². The number of hydrogen-bond donors (Lipinski definition) is 1. The Kier molecular flexibility index (Phi) is 7.03. The SMILES string of the molecule is CC(=O)c1ccc(C2=Cc3ccccc3N(C(=O)c3ccc(NC(=O)c4ccc(C)nc4C)cc3)CC2)s1. The zero-order valence-corrected chi connectivity index (χ0v) is 22.3. The second kappa shape index (κ2) is 10.6. The largest absolute Gasteiger partial charge is 0.322 e. The molecular weight excluding hydrogens is 494 g/mol. The van der Waals surface area contributed by atoms with Crippen molar-refractivity contribution in [3.63, 3.8) is 0 Å². The topological polar surface area (TPSA) is 79.4 Å². The van der Waals surface area contributed by atoms with Crippen LogP contribution in [-0.2, 0) is 0 Å². The van der Waals surface area contributed by atoms with Crippen molar-refractivity contribution in [2.75, 3.05) is 16.8 Å². The molecule has 1 N–H and O–H groups in total. The molecule has 38 heavy (non-hydrogen) atoms. The molecule has 0 bridgehead atoms. The summed E-state index contributed by atoms with van der Waals surface area (Å²) in [5.74, 6) is -0.298. The van der Waals surface area contributed by atoms with Crippen LogP contribution in [0, 0.1) is 13.8 Å². The number of pyridine rings is 1. The number of carbonyl (C=O) groups excluding carboxylic acids is 3. The van der Waals surface area contributed by atoms with E-state index in [-0.39, 0.29) is 17.6 Å². The molecule has 0 aliphatic carbocycles. The van der Waals surface area contributed by atoms with E-state index in [0.29, 0.717) is 35.5 Å². The van der Waals surface area contributed by atoms with Crippen molar-refractivity contribution in [1.29, 1.82) is 0 Å². The highest BCUT2D eigenvalue weighted by molar-refractivity contribution is 7.15. The second-order valence-corrected chi connectivity index (χ2v) is 10.4. The summed E-state index contributed by atoms with van der Waals surface area (Å²) in [6, 6.07) is 22.2. The number of aryl methyl sites for hydroxylation is 2. The summed E-state index contributed by atoms with van der Waals surface area (Å²) >= 11 is 1.48. The number of aromatic nitrogens is 1. The number of rotatable bonds is 5. The van der Waals surface area contributed by atoms with Gasteiger partial charge in [0.15, 0.2) is 5.78 Å². The minimum Gasteiger partial charge on any atom is -0.322 e. The lowest BCUT2D eigenvalue weighted by atomic mass is 10.1. The molecule has 2 aromatic carbocycles. The van der Waals surface area contributed by atoms with E-state index < -0.39 is 0 Å². The third kappa shape index (κ3) is 5.19. The van der Waals surface area contributed by atoms with Crippen molar-refractivity contribution < 1.29 is 14.4 Å². The normalized spacial score (nSPS) is 12.8. The van der Waals surface area contributed by atoms with Gasteiger partial charge in [-0.25, -0.2) is 0 Å². The Morgan fingerprint density at radius 2 is 1.68 bits per heavy atom. The fraction of sp³-hybridized carbons (Fsp3) is 0.161. The van der Waals surface area contributed by atoms with Gasteiger partial charge in [-0.1, -0.05) is 18.2 Å². The van der Waals surface area contributed by atoms with Crippen LogP contribution in [0.25, 0.3) is 11.6 Å². The van der Waals surface area contributed by atoms with Crippen LogP contribution in [0.15, 0.2) is 72.8 Å². The minimum atomic E-state index is -0.240. The summed E-state index contributed by atoms with van der Waals surface area (Å²) in [5, 5.41) is 2.89. The summed E-state index contributed by atoms with van der Waals surface area (Å²) in [7, 11) is 0. The Bertz CT molecular complexity index is 1580. The van der Waals surface area contributed by atoms with Crippen molar-refractivity contribution in [2.24, 2.45) is 0 Å². The third-order valence-electron chi connectivity index (χ3n) is 6.54. The maximum absolute atomic E-state index is 13.6. The first-order valence-electron chi connectivity index (χ1n) is 12.4. The lowest BCUT2D eigenvalue weighted by molar-refractivity contribution is 0.0985. The summed E-state index contributed by atoms with van der Waals surface area (Å²) in [4.78, 5) is 46.1. The van der Waals surface area contributed by atoms with Gasteiger partial charge in [-0.2, -0.15) is 0 Å². The molecule has 0 saturated carbocycles. The van der Waals surface area contributed by atoms with Gasteiger partial charge in [0.2, 0.25) is 0 Å². The first kappa shape index (κ1) is 25.3. The highest BCUT2D eigenvalue weighted by Crippen LogP contribution is 2.35. The van der Waals surface area contributed by atoms with E-state index in [2.05, 4.69) is 16.4 Å². The predicted molar refractivity (Wildman–Crippen MR) is 153 cm³/mol. The number of fused-ring (bicyclic) bond motifs is 1. The molecule has 0 radical (unpaired) electrons. The number of carbonyl (C=O) groups is 3. The Hall–Kier alpha value is -4.36. The Morgan fingerprint density at radius 3 is 2.39 bits per heavy atom. The first-order valence-corrected chi connectivity index (χ1v) is 13.2. The number of amides is 2. The number of anilines is 2. The molecule has 190 valence electrons. The Labute approximate surface area is 225 Å². The number of nitrogens with zero attached hydrogens (tertiary/aromatic N) is 2. The van der Waals surface area contributed by atoms with Crippen LogP contribution in [0.1, 0.15) is 65.6 Å². The number of ketones is 1. The number of Topliss-reactive ketones (excluding diaryl/α,β-unsaturated/α-hetero) is 1. The highest BCUT2D eigenvalue weighted by atomic mass is 32.1. The quantitative estimate of drug-likeness (QED) is 0.293. The summed E-state index contributed by atoms with van der Waals surface area (Å²) in [5.41, 5.74) is 6.08. The molecule has 6 nitrogen and oxygen atoms in total. The number of thiophene rings is 1. The summed E-state index contributed by atoms with van der Waals surface area (Å²) < 4.78 is 0. The Balaban J connectivity index is 1.35. The van der Waals surface area contributed by atoms with E-state index in [9.17, 15) is 14.4 Å². The molecule has 0 spiro atoms. The van der Waals surface area contributed by atoms with E-state index in [4.69, 9.17) is 0 Å². The molecule has 2 amide bonds. The van der Waals surface area contributed by atoms with E-state index in [1.54, 1.807) is 42.2 Å². The predicted octanol–water partition coefficient (Wildman–Crippen LogP) is 6.81. The fourth-order valence-electron chi connectivity index (χ4n) is 4.55. The van der Waals surface area contributed by atoms with Crippen LogP contribution in [-0.4, -0.2) is 29.1 Å². The van der Waals surface area contributed by atoms with Gasteiger partial charge in [-0.15, -0.1) is 11.3 Å². The van der Waals surface area contributed by atoms with E-state index in [1.165, 1.54) is 11.3 Å². The monoisotopic (exact) mass is 521 g/mol. The molecule has 2 aromatic heterocycles. The van der Waals surface area contributed by atoms with Crippen LogP contribution in [0.5, 0.6) is 0 Å².